The zero-order valence-corrected chi connectivity index (χ0v) is 18.5. The highest BCUT2D eigenvalue weighted by atomic mass is 35.5. The van der Waals surface area contributed by atoms with E-state index in [2.05, 4.69) is 9.62 Å². The summed E-state index contributed by atoms with van der Waals surface area (Å²) in [6.45, 7) is 2.73. The van der Waals surface area contributed by atoms with Gasteiger partial charge in [-0.1, -0.05) is 11.6 Å². The lowest BCUT2D eigenvalue weighted by atomic mass is 10.0. The van der Waals surface area contributed by atoms with Crippen LogP contribution < -0.4 is 14.4 Å². The minimum atomic E-state index is -3.98. The van der Waals surface area contributed by atoms with Crippen LogP contribution in [0.2, 0.25) is 5.02 Å². The van der Waals surface area contributed by atoms with Gasteiger partial charge in [0.05, 0.1) is 29.4 Å². The minimum absolute atomic E-state index is 0.0391. The van der Waals surface area contributed by atoms with Crippen molar-refractivity contribution in [2.75, 3.05) is 35.9 Å². The first-order valence-corrected chi connectivity index (χ1v) is 11.7. The summed E-state index contributed by atoms with van der Waals surface area (Å²) < 4.78 is 34.3. The number of halogens is 1. The number of carbonyl (C=O) groups is 1. The summed E-state index contributed by atoms with van der Waals surface area (Å²) in [6.07, 6.45) is 2.37. The van der Waals surface area contributed by atoms with E-state index in [9.17, 15) is 18.4 Å². The van der Waals surface area contributed by atoms with Crippen LogP contribution in [0.4, 0.5) is 11.4 Å². The van der Waals surface area contributed by atoms with Gasteiger partial charge in [0.25, 0.3) is 10.0 Å². The maximum absolute atomic E-state index is 13.0. The quantitative estimate of drug-likeness (QED) is 0.335. The Morgan fingerprint density at radius 3 is 2.50 bits per heavy atom. The molecule has 1 saturated heterocycles. The number of nitrogens with zero attached hydrogens (tertiary/aromatic N) is 2. The van der Waals surface area contributed by atoms with Crippen LogP contribution in [-0.2, 0) is 14.8 Å². The number of benzene rings is 2. The average molecular weight is 474 g/mol. The Bertz CT molecular complexity index is 1240. The number of pyridine rings is 1. The number of hydrogen-bond acceptors (Lipinski definition) is 6. The standard InChI is InChI=1S/C22H20ClN3O5S/c23-17-3-8-21(20(14-17)22(27)16-2-1-9-26(28)15-16)24-32(29,30)19-6-4-18(5-7-19)25-10-12-31-13-11-25/h1-9,14-15,24H,10-13H2. The molecule has 8 nitrogen and oxygen atoms in total. The third kappa shape index (κ3) is 4.85. The summed E-state index contributed by atoms with van der Waals surface area (Å²) in [5.41, 5.74) is 1.12. The molecular formula is C22H20ClN3O5S. The number of anilines is 2. The van der Waals surface area contributed by atoms with Crippen LogP contribution in [0.25, 0.3) is 0 Å². The largest absolute Gasteiger partial charge is 0.619 e. The van der Waals surface area contributed by atoms with Crippen molar-refractivity contribution in [3.05, 3.63) is 88.3 Å². The van der Waals surface area contributed by atoms with Crippen LogP contribution in [0.1, 0.15) is 15.9 Å². The van der Waals surface area contributed by atoms with E-state index in [1.165, 1.54) is 48.7 Å². The Hall–Kier alpha value is -3.14. The van der Waals surface area contributed by atoms with E-state index < -0.39 is 15.8 Å². The van der Waals surface area contributed by atoms with Crippen molar-refractivity contribution in [1.29, 1.82) is 0 Å². The lowest BCUT2D eigenvalue weighted by molar-refractivity contribution is -0.605. The van der Waals surface area contributed by atoms with Crippen LogP contribution in [-0.4, -0.2) is 40.5 Å². The summed E-state index contributed by atoms with van der Waals surface area (Å²) in [4.78, 5) is 15.1. The number of rotatable bonds is 6. The number of carbonyl (C=O) groups excluding carboxylic acids is 1. The van der Waals surface area contributed by atoms with E-state index in [0.29, 0.717) is 17.9 Å². The first kappa shape index (κ1) is 22.1. The van der Waals surface area contributed by atoms with Crippen LogP contribution in [0.15, 0.2) is 71.9 Å². The van der Waals surface area contributed by atoms with Crippen molar-refractivity contribution >= 4 is 38.8 Å². The number of aromatic nitrogens is 1. The Kier molecular flexibility index (Phi) is 6.31. The summed E-state index contributed by atoms with van der Waals surface area (Å²) in [7, 11) is -3.98. The van der Waals surface area contributed by atoms with Crippen molar-refractivity contribution in [3.63, 3.8) is 0 Å². The molecule has 0 amide bonds. The number of hydrogen-bond donors (Lipinski definition) is 1. The van der Waals surface area contributed by atoms with Gasteiger partial charge >= 0.3 is 0 Å². The molecule has 0 atom stereocenters. The van der Waals surface area contributed by atoms with Crippen molar-refractivity contribution in [2.24, 2.45) is 0 Å². The third-order valence-electron chi connectivity index (χ3n) is 5.03. The molecule has 0 aliphatic carbocycles. The lowest BCUT2D eigenvalue weighted by Gasteiger charge is -2.28. The Morgan fingerprint density at radius 1 is 1.09 bits per heavy atom. The second-order valence-corrected chi connectivity index (χ2v) is 9.29. The topological polar surface area (TPSA) is 103 Å². The molecule has 1 fully saturated rings. The van der Waals surface area contributed by atoms with Gasteiger partial charge in [0, 0.05) is 35.4 Å². The molecule has 0 bridgehead atoms. The summed E-state index contributed by atoms with van der Waals surface area (Å²) in [5, 5.41) is 11.8. The predicted octanol–water partition coefficient (Wildman–Crippen LogP) is 2.84. The van der Waals surface area contributed by atoms with Gasteiger partial charge < -0.3 is 14.8 Å². The van der Waals surface area contributed by atoms with Gasteiger partial charge in [-0.05, 0) is 48.5 Å². The third-order valence-corrected chi connectivity index (χ3v) is 6.65. The number of nitrogens with one attached hydrogen (secondary N) is 1. The Balaban J connectivity index is 1.61. The predicted molar refractivity (Wildman–Crippen MR) is 121 cm³/mol. The van der Waals surface area contributed by atoms with E-state index in [4.69, 9.17) is 16.3 Å². The lowest BCUT2D eigenvalue weighted by Crippen LogP contribution is -2.36. The van der Waals surface area contributed by atoms with Crippen LogP contribution in [0.3, 0.4) is 0 Å². The molecule has 0 unspecified atom stereocenters. The normalized spacial score (nSPS) is 14.2. The smallest absolute Gasteiger partial charge is 0.261 e. The molecule has 10 heteroatoms. The molecule has 2 aromatic carbocycles. The summed E-state index contributed by atoms with van der Waals surface area (Å²) in [6, 6.07) is 13.7. The van der Waals surface area contributed by atoms with E-state index in [1.54, 1.807) is 12.1 Å². The minimum Gasteiger partial charge on any atom is -0.619 e. The van der Waals surface area contributed by atoms with Gasteiger partial charge in [-0.3, -0.25) is 9.52 Å². The second-order valence-electron chi connectivity index (χ2n) is 7.17. The van der Waals surface area contributed by atoms with Gasteiger partial charge in [-0.15, -0.1) is 0 Å². The average Bonchev–Trinajstić information content (AvgIpc) is 2.80. The van der Waals surface area contributed by atoms with Gasteiger partial charge in [-0.25, -0.2) is 8.42 Å². The number of morpholine rings is 1. The molecular weight excluding hydrogens is 454 g/mol. The molecule has 4 rings (SSSR count). The molecule has 32 heavy (non-hydrogen) atoms. The first-order chi connectivity index (χ1) is 15.3. The highest BCUT2D eigenvalue weighted by Gasteiger charge is 2.22. The van der Waals surface area contributed by atoms with Crippen molar-refractivity contribution in [1.82, 2.24) is 0 Å². The molecule has 0 radical (unpaired) electrons. The number of ketones is 1. The van der Waals surface area contributed by atoms with Crippen LogP contribution in [0, 0.1) is 5.21 Å². The van der Waals surface area contributed by atoms with Crippen LogP contribution in [0.5, 0.6) is 0 Å². The molecule has 1 aliphatic heterocycles. The van der Waals surface area contributed by atoms with Gasteiger partial charge in [0.15, 0.2) is 12.4 Å². The zero-order valence-electron chi connectivity index (χ0n) is 16.9. The maximum atomic E-state index is 13.0. The van der Waals surface area contributed by atoms with E-state index in [-0.39, 0.29) is 26.7 Å². The highest BCUT2D eigenvalue weighted by Crippen LogP contribution is 2.27. The molecule has 2 heterocycles. The fraction of sp³-hybridized carbons (Fsp3) is 0.182. The number of sulfonamides is 1. The molecule has 166 valence electrons. The highest BCUT2D eigenvalue weighted by molar-refractivity contribution is 7.92. The Morgan fingerprint density at radius 2 is 1.81 bits per heavy atom. The van der Waals surface area contributed by atoms with Crippen molar-refractivity contribution in [3.8, 4) is 0 Å². The van der Waals surface area contributed by atoms with E-state index >= 15 is 0 Å². The fourth-order valence-electron chi connectivity index (χ4n) is 3.40. The molecule has 0 saturated carbocycles. The van der Waals surface area contributed by atoms with Gasteiger partial charge in [0.1, 0.15) is 0 Å². The second kappa shape index (κ2) is 9.15. The summed E-state index contributed by atoms with van der Waals surface area (Å²) >= 11 is 6.05. The molecule has 1 aromatic heterocycles. The number of ether oxygens (including phenoxy) is 1. The molecule has 3 aromatic rings. The molecule has 1 aliphatic rings. The van der Waals surface area contributed by atoms with Crippen molar-refractivity contribution < 1.29 is 22.7 Å². The zero-order chi connectivity index (χ0) is 22.7. The SMILES string of the molecule is O=C(c1ccc[n+]([O-])c1)c1cc(Cl)ccc1NS(=O)(=O)c1ccc(N2CCOCC2)cc1. The van der Waals surface area contributed by atoms with Gasteiger partial charge in [-0.2, -0.15) is 4.73 Å². The molecule has 0 spiro atoms. The maximum Gasteiger partial charge on any atom is 0.261 e. The summed E-state index contributed by atoms with van der Waals surface area (Å²) in [5.74, 6) is -0.530. The van der Waals surface area contributed by atoms with E-state index in [0.717, 1.165) is 25.0 Å². The first-order valence-electron chi connectivity index (χ1n) is 9.82. The van der Waals surface area contributed by atoms with Gasteiger partial charge in [0.2, 0.25) is 5.78 Å². The van der Waals surface area contributed by atoms with Crippen molar-refractivity contribution in [2.45, 2.75) is 4.90 Å². The molecule has 1 N–H and O–H groups in total. The van der Waals surface area contributed by atoms with Crippen LogP contribution >= 0.6 is 11.6 Å². The van der Waals surface area contributed by atoms with E-state index in [1.807, 2.05) is 0 Å². The Labute approximate surface area is 190 Å². The monoisotopic (exact) mass is 473 g/mol. The fourth-order valence-corrected chi connectivity index (χ4v) is 4.65.